The number of benzene rings is 2. The molecule has 1 amide bonds. The van der Waals surface area contributed by atoms with Crippen LogP contribution in [0.5, 0.6) is 0 Å². The van der Waals surface area contributed by atoms with Crippen molar-refractivity contribution in [1.82, 2.24) is 4.31 Å². The normalized spacial score (nSPS) is 12.6. The summed E-state index contributed by atoms with van der Waals surface area (Å²) in [5.74, 6) is -0.239. The minimum Gasteiger partial charge on any atom is -0.374 e. The molecular formula is C22H31N3O3S. The van der Waals surface area contributed by atoms with E-state index in [2.05, 4.69) is 29.7 Å². The van der Waals surface area contributed by atoms with Gasteiger partial charge in [-0.3, -0.25) is 4.79 Å². The van der Waals surface area contributed by atoms with E-state index in [1.807, 2.05) is 12.1 Å². The molecule has 0 unspecified atom stereocenters. The molecule has 0 aliphatic carbocycles. The van der Waals surface area contributed by atoms with E-state index in [4.69, 9.17) is 0 Å². The fourth-order valence-corrected chi connectivity index (χ4v) is 3.81. The molecule has 1 atom stereocenters. The fraction of sp³-hybridized carbons (Fsp3) is 0.409. The molecule has 0 aliphatic heterocycles. The number of sulfonamides is 1. The van der Waals surface area contributed by atoms with Crippen LogP contribution in [0.2, 0.25) is 0 Å². The molecule has 29 heavy (non-hydrogen) atoms. The standard InChI is InChI=1S/C22H31N3O3S/c1-5-6-7-9-18-12-14-19(15-13-18)23-17(2)22(26)24-20-10-8-11-21(16-20)29(27,28)25(3)4/h8,10-17,23H,5-7,9H2,1-4H3,(H,24,26)/t17-/m1/s1. The summed E-state index contributed by atoms with van der Waals surface area (Å²) in [7, 11) is -0.603. The number of rotatable bonds is 10. The SMILES string of the molecule is CCCCCc1ccc(N[C@H](C)C(=O)Nc2cccc(S(=O)(=O)N(C)C)c2)cc1. The van der Waals surface area contributed by atoms with Crippen LogP contribution in [0.4, 0.5) is 11.4 Å². The maximum absolute atomic E-state index is 12.5. The smallest absolute Gasteiger partial charge is 0.246 e. The highest BCUT2D eigenvalue weighted by Crippen LogP contribution is 2.19. The zero-order chi connectivity index (χ0) is 21.4. The van der Waals surface area contributed by atoms with E-state index in [1.54, 1.807) is 19.1 Å². The maximum Gasteiger partial charge on any atom is 0.246 e. The van der Waals surface area contributed by atoms with Crippen LogP contribution in [0.15, 0.2) is 53.4 Å². The van der Waals surface area contributed by atoms with Gasteiger partial charge in [0.05, 0.1) is 4.90 Å². The summed E-state index contributed by atoms with van der Waals surface area (Å²) in [6.07, 6.45) is 4.69. The summed E-state index contributed by atoms with van der Waals surface area (Å²) in [6, 6.07) is 13.9. The number of unbranched alkanes of at least 4 members (excludes halogenated alkanes) is 2. The molecule has 0 fully saturated rings. The van der Waals surface area contributed by atoms with Crippen LogP contribution in [0.1, 0.15) is 38.7 Å². The fourth-order valence-electron chi connectivity index (χ4n) is 2.86. The molecule has 0 spiro atoms. The first-order valence-electron chi connectivity index (χ1n) is 9.93. The maximum atomic E-state index is 12.5. The Hall–Kier alpha value is -2.38. The zero-order valence-corrected chi connectivity index (χ0v) is 18.4. The average Bonchev–Trinajstić information content (AvgIpc) is 2.69. The van der Waals surface area contributed by atoms with Crippen LogP contribution < -0.4 is 10.6 Å². The third kappa shape index (κ3) is 6.58. The van der Waals surface area contributed by atoms with E-state index in [0.717, 1.165) is 16.4 Å². The third-order valence-electron chi connectivity index (χ3n) is 4.68. The van der Waals surface area contributed by atoms with Gasteiger partial charge in [0, 0.05) is 25.5 Å². The first-order valence-corrected chi connectivity index (χ1v) is 11.4. The van der Waals surface area contributed by atoms with Gasteiger partial charge in [0.15, 0.2) is 0 Å². The minimum absolute atomic E-state index is 0.138. The van der Waals surface area contributed by atoms with Crippen molar-refractivity contribution < 1.29 is 13.2 Å². The molecule has 0 radical (unpaired) electrons. The highest BCUT2D eigenvalue weighted by molar-refractivity contribution is 7.89. The van der Waals surface area contributed by atoms with Crippen LogP contribution in [0.25, 0.3) is 0 Å². The van der Waals surface area contributed by atoms with Crippen molar-refractivity contribution in [1.29, 1.82) is 0 Å². The quantitative estimate of drug-likeness (QED) is 0.570. The molecule has 2 N–H and O–H groups in total. The monoisotopic (exact) mass is 417 g/mol. The third-order valence-corrected chi connectivity index (χ3v) is 6.49. The van der Waals surface area contributed by atoms with Gasteiger partial charge in [0.1, 0.15) is 6.04 Å². The number of aryl methyl sites for hydroxylation is 1. The van der Waals surface area contributed by atoms with E-state index >= 15 is 0 Å². The minimum atomic E-state index is -3.55. The van der Waals surface area contributed by atoms with Gasteiger partial charge >= 0.3 is 0 Å². The number of anilines is 2. The second-order valence-corrected chi connectivity index (χ2v) is 9.48. The predicted octanol–water partition coefficient (Wildman–Crippen LogP) is 4.11. The lowest BCUT2D eigenvalue weighted by atomic mass is 10.1. The molecule has 0 aliphatic rings. The largest absolute Gasteiger partial charge is 0.374 e. The Bertz CT molecular complexity index is 909. The van der Waals surface area contributed by atoms with E-state index in [0.29, 0.717) is 5.69 Å². The molecule has 0 heterocycles. The summed E-state index contributed by atoms with van der Waals surface area (Å²) in [6.45, 7) is 3.96. The summed E-state index contributed by atoms with van der Waals surface area (Å²) in [5.41, 5.74) is 2.61. The van der Waals surface area contributed by atoms with E-state index in [-0.39, 0.29) is 10.8 Å². The Morgan fingerprint density at radius 3 is 2.34 bits per heavy atom. The molecule has 2 aromatic carbocycles. The first-order chi connectivity index (χ1) is 13.7. The lowest BCUT2D eigenvalue weighted by Crippen LogP contribution is -2.32. The van der Waals surface area contributed by atoms with Crippen molar-refractivity contribution in [3.63, 3.8) is 0 Å². The molecule has 2 aromatic rings. The molecule has 6 nitrogen and oxygen atoms in total. The number of carbonyl (C=O) groups excluding carboxylic acids is 1. The second-order valence-electron chi connectivity index (χ2n) is 7.32. The van der Waals surface area contributed by atoms with Gasteiger partial charge in [-0.25, -0.2) is 12.7 Å². The number of nitrogens with one attached hydrogen (secondary N) is 2. The highest BCUT2D eigenvalue weighted by Gasteiger charge is 2.18. The summed E-state index contributed by atoms with van der Waals surface area (Å²) in [4.78, 5) is 12.7. The lowest BCUT2D eigenvalue weighted by Gasteiger charge is -2.17. The van der Waals surface area contributed by atoms with Crippen molar-refractivity contribution in [3.8, 4) is 0 Å². The highest BCUT2D eigenvalue weighted by atomic mass is 32.2. The number of hydrogen-bond acceptors (Lipinski definition) is 4. The number of nitrogens with zero attached hydrogens (tertiary/aromatic N) is 1. The molecule has 0 saturated heterocycles. The topological polar surface area (TPSA) is 78.5 Å². The van der Waals surface area contributed by atoms with Gasteiger partial charge in [-0.05, 0) is 55.7 Å². The predicted molar refractivity (Wildman–Crippen MR) is 119 cm³/mol. The molecule has 0 bridgehead atoms. The summed E-state index contributed by atoms with van der Waals surface area (Å²) < 4.78 is 25.7. The van der Waals surface area contributed by atoms with Crippen LogP contribution >= 0.6 is 0 Å². The number of amides is 1. The molecule has 0 saturated carbocycles. The van der Waals surface area contributed by atoms with Gasteiger partial charge < -0.3 is 10.6 Å². The lowest BCUT2D eigenvalue weighted by molar-refractivity contribution is -0.116. The van der Waals surface area contributed by atoms with Crippen molar-refractivity contribution in [3.05, 3.63) is 54.1 Å². The van der Waals surface area contributed by atoms with Crippen LogP contribution in [0.3, 0.4) is 0 Å². The Labute approximate surface area is 174 Å². The van der Waals surface area contributed by atoms with Gasteiger partial charge in [0.2, 0.25) is 15.9 Å². The molecule has 7 heteroatoms. The van der Waals surface area contributed by atoms with E-state index < -0.39 is 16.1 Å². The Balaban J connectivity index is 1.97. The van der Waals surface area contributed by atoms with Crippen molar-refractivity contribution in [2.45, 2.75) is 50.5 Å². The Morgan fingerprint density at radius 2 is 1.72 bits per heavy atom. The average molecular weight is 418 g/mol. The zero-order valence-electron chi connectivity index (χ0n) is 17.6. The van der Waals surface area contributed by atoms with Gasteiger partial charge in [0.25, 0.3) is 0 Å². The summed E-state index contributed by atoms with van der Waals surface area (Å²) in [5, 5.41) is 5.96. The Kier molecular flexibility index (Phi) is 8.22. The van der Waals surface area contributed by atoms with E-state index in [9.17, 15) is 13.2 Å². The molecular weight excluding hydrogens is 386 g/mol. The van der Waals surface area contributed by atoms with Crippen LogP contribution in [-0.4, -0.2) is 38.8 Å². The number of carbonyl (C=O) groups is 1. The van der Waals surface area contributed by atoms with Crippen LogP contribution in [-0.2, 0) is 21.2 Å². The molecule has 158 valence electrons. The van der Waals surface area contributed by atoms with Gasteiger partial charge in [-0.2, -0.15) is 0 Å². The van der Waals surface area contributed by atoms with E-state index in [1.165, 1.54) is 51.1 Å². The molecule has 2 rings (SSSR count). The van der Waals surface area contributed by atoms with Crippen molar-refractivity contribution >= 4 is 27.3 Å². The summed E-state index contributed by atoms with van der Waals surface area (Å²) >= 11 is 0. The van der Waals surface area contributed by atoms with Crippen LogP contribution in [0, 0.1) is 0 Å². The number of hydrogen-bond donors (Lipinski definition) is 2. The van der Waals surface area contributed by atoms with Crippen molar-refractivity contribution in [2.75, 3.05) is 24.7 Å². The Morgan fingerprint density at radius 1 is 1.03 bits per heavy atom. The first kappa shape index (κ1) is 22.9. The molecule has 0 aromatic heterocycles. The van der Waals surface area contributed by atoms with Crippen molar-refractivity contribution in [2.24, 2.45) is 0 Å². The van der Waals surface area contributed by atoms with Gasteiger partial charge in [-0.15, -0.1) is 0 Å². The van der Waals surface area contributed by atoms with Gasteiger partial charge in [-0.1, -0.05) is 38.0 Å². The second kappa shape index (κ2) is 10.4.